The molecule has 0 amide bonds. The first-order valence-electron chi connectivity index (χ1n) is 8.07. The van der Waals surface area contributed by atoms with Crippen molar-refractivity contribution in [3.63, 3.8) is 0 Å². The molecule has 0 aromatic heterocycles. The lowest BCUT2D eigenvalue weighted by atomic mass is 9.83. The molecule has 0 aromatic carbocycles. The molecule has 0 radical (unpaired) electrons. The van der Waals surface area contributed by atoms with Crippen molar-refractivity contribution in [3.8, 4) is 0 Å². The third-order valence-electron chi connectivity index (χ3n) is 4.37. The maximum atomic E-state index is 11.5. The summed E-state index contributed by atoms with van der Waals surface area (Å²) in [6, 6.07) is 0. The Hall–Kier alpha value is -0.170. The van der Waals surface area contributed by atoms with Gasteiger partial charge in [0.1, 0.15) is 0 Å². The van der Waals surface area contributed by atoms with Gasteiger partial charge in [0.25, 0.3) is 0 Å². The topological polar surface area (TPSA) is 78.6 Å². The summed E-state index contributed by atoms with van der Waals surface area (Å²) in [6.45, 7) is 6.73. The number of hydrogen-bond donors (Lipinski definition) is 1. The van der Waals surface area contributed by atoms with Crippen molar-refractivity contribution >= 4 is 10.0 Å². The first-order chi connectivity index (χ1) is 9.91. The van der Waals surface area contributed by atoms with E-state index in [0.717, 1.165) is 6.42 Å². The largest absolute Gasteiger partial charge is 0.381 e. The number of primary sulfonamides is 1. The summed E-state index contributed by atoms with van der Waals surface area (Å²) in [7, 11) is -3.49. The Balaban J connectivity index is 2.49. The van der Waals surface area contributed by atoms with Crippen LogP contribution in [-0.2, 0) is 19.5 Å². The Labute approximate surface area is 129 Å². The average molecular weight is 321 g/mol. The van der Waals surface area contributed by atoms with E-state index >= 15 is 0 Å². The molecule has 1 aliphatic rings. The molecule has 0 bridgehead atoms. The Kier molecular flexibility index (Phi) is 8.16. The van der Waals surface area contributed by atoms with Crippen LogP contribution in [0.2, 0.25) is 0 Å². The predicted octanol–water partition coefficient (Wildman–Crippen LogP) is 2.30. The second-order valence-electron chi connectivity index (χ2n) is 6.35. The second kappa shape index (κ2) is 9.08. The fraction of sp³-hybridized carbons (Fsp3) is 1.00. The lowest BCUT2D eigenvalue weighted by molar-refractivity contribution is -0.0359. The monoisotopic (exact) mass is 321 g/mol. The predicted molar refractivity (Wildman–Crippen MR) is 84.6 cm³/mol. The van der Waals surface area contributed by atoms with Crippen LogP contribution in [0.5, 0.6) is 0 Å². The highest BCUT2D eigenvalue weighted by Gasteiger charge is 2.36. The van der Waals surface area contributed by atoms with Crippen LogP contribution in [0.25, 0.3) is 0 Å². The number of nitrogens with two attached hydrogens (primary N) is 1. The van der Waals surface area contributed by atoms with E-state index in [4.69, 9.17) is 14.6 Å². The minimum atomic E-state index is -3.49. The molecule has 0 spiro atoms. The highest BCUT2D eigenvalue weighted by atomic mass is 32.2. The quantitative estimate of drug-likeness (QED) is 0.669. The first-order valence-corrected chi connectivity index (χ1v) is 9.78. The molecule has 1 unspecified atom stereocenters. The molecule has 0 aliphatic carbocycles. The van der Waals surface area contributed by atoms with Gasteiger partial charge in [0.15, 0.2) is 0 Å². The van der Waals surface area contributed by atoms with E-state index in [9.17, 15) is 8.42 Å². The molecule has 0 saturated carbocycles. The lowest BCUT2D eigenvalue weighted by Gasteiger charge is -2.36. The minimum absolute atomic E-state index is 0.00485. The average Bonchev–Trinajstić information content (AvgIpc) is 2.41. The molecule has 1 heterocycles. The number of ether oxygens (including phenoxy) is 2. The van der Waals surface area contributed by atoms with Gasteiger partial charge in [0, 0.05) is 25.2 Å². The number of hydrogen-bond acceptors (Lipinski definition) is 4. The first kappa shape index (κ1) is 18.9. The molecule has 1 fully saturated rings. The highest BCUT2D eigenvalue weighted by Crippen LogP contribution is 2.32. The molecule has 1 rings (SSSR count). The molecule has 1 atom stereocenters. The number of sulfonamides is 1. The summed E-state index contributed by atoms with van der Waals surface area (Å²) in [5.74, 6) is 0.561. The van der Waals surface area contributed by atoms with Crippen molar-refractivity contribution in [3.05, 3.63) is 0 Å². The van der Waals surface area contributed by atoms with Crippen LogP contribution < -0.4 is 5.14 Å². The Morgan fingerprint density at radius 1 is 1.29 bits per heavy atom. The Morgan fingerprint density at radius 2 is 1.95 bits per heavy atom. The fourth-order valence-corrected chi connectivity index (χ4v) is 4.13. The van der Waals surface area contributed by atoms with Gasteiger partial charge in [-0.3, -0.25) is 0 Å². The fourth-order valence-electron chi connectivity index (χ4n) is 2.90. The smallest absolute Gasteiger partial charge is 0.209 e. The Bertz CT molecular complexity index is 377. The van der Waals surface area contributed by atoms with Gasteiger partial charge in [0.05, 0.1) is 12.4 Å². The zero-order valence-corrected chi connectivity index (χ0v) is 14.3. The summed E-state index contributed by atoms with van der Waals surface area (Å²) in [6.07, 6.45) is 6.11. The third-order valence-corrected chi connectivity index (χ3v) is 5.38. The van der Waals surface area contributed by atoms with Crippen LogP contribution >= 0.6 is 0 Å². The van der Waals surface area contributed by atoms with Crippen LogP contribution in [0.4, 0.5) is 0 Å². The van der Waals surface area contributed by atoms with Crippen LogP contribution in [0.1, 0.15) is 52.4 Å². The van der Waals surface area contributed by atoms with E-state index in [1.54, 1.807) is 0 Å². The molecule has 1 aliphatic heterocycles. The third kappa shape index (κ3) is 7.58. The van der Waals surface area contributed by atoms with Crippen molar-refractivity contribution in [1.29, 1.82) is 0 Å². The summed E-state index contributed by atoms with van der Waals surface area (Å²) in [5, 5.41) is 5.25. The van der Waals surface area contributed by atoms with Gasteiger partial charge in [-0.1, -0.05) is 33.1 Å². The van der Waals surface area contributed by atoms with Crippen molar-refractivity contribution in [2.24, 2.45) is 16.5 Å². The van der Waals surface area contributed by atoms with Crippen molar-refractivity contribution in [2.75, 3.05) is 32.2 Å². The standard InChI is InChI=1S/C15H31NO4S/c1-3-5-6-14(4-2)11-20-12-15(13-21(16,17)18)7-9-19-10-8-15/h14H,3-13H2,1-2H3,(H2,16,17,18). The van der Waals surface area contributed by atoms with Gasteiger partial charge in [-0.2, -0.15) is 0 Å². The molecule has 5 nitrogen and oxygen atoms in total. The van der Waals surface area contributed by atoms with Crippen molar-refractivity contribution in [2.45, 2.75) is 52.4 Å². The molecular formula is C15H31NO4S. The maximum absolute atomic E-state index is 11.5. The van der Waals surface area contributed by atoms with E-state index in [2.05, 4.69) is 13.8 Å². The lowest BCUT2D eigenvalue weighted by Crippen LogP contribution is -2.42. The van der Waals surface area contributed by atoms with Crippen LogP contribution in [-0.4, -0.2) is 40.6 Å². The summed E-state index contributed by atoms with van der Waals surface area (Å²) < 4.78 is 34.2. The number of rotatable bonds is 10. The summed E-state index contributed by atoms with van der Waals surface area (Å²) in [5.41, 5.74) is -0.366. The molecular weight excluding hydrogens is 290 g/mol. The van der Waals surface area contributed by atoms with Gasteiger partial charge in [-0.15, -0.1) is 0 Å². The SMILES string of the molecule is CCCCC(CC)COCC1(CS(N)(=O)=O)CCOCC1. The molecule has 6 heteroatoms. The zero-order valence-electron chi connectivity index (χ0n) is 13.5. The van der Waals surface area contributed by atoms with Gasteiger partial charge in [-0.25, -0.2) is 13.6 Å². The van der Waals surface area contributed by atoms with Crippen LogP contribution in [0, 0.1) is 11.3 Å². The number of unbranched alkanes of at least 4 members (excludes halogenated alkanes) is 1. The van der Waals surface area contributed by atoms with Gasteiger partial charge in [0.2, 0.25) is 10.0 Å². The second-order valence-corrected chi connectivity index (χ2v) is 7.97. The van der Waals surface area contributed by atoms with Crippen LogP contribution in [0.15, 0.2) is 0 Å². The van der Waals surface area contributed by atoms with Gasteiger partial charge < -0.3 is 9.47 Å². The van der Waals surface area contributed by atoms with Gasteiger partial charge >= 0.3 is 0 Å². The van der Waals surface area contributed by atoms with E-state index in [0.29, 0.717) is 45.2 Å². The van der Waals surface area contributed by atoms with Crippen LogP contribution in [0.3, 0.4) is 0 Å². The molecule has 21 heavy (non-hydrogen) atoms. The van der Waals surface area contributed by atoms with Crippen molar-refractivity contribution in [1.82, 2.24) is 0 Å². The van der Waals surface area contributed by atoms with E-state index < -0.39 is 10.0 Å². The normalized spacial score (nSPS) is 20.3. The molecule has 0 aromatic rings. The molecule has 126 valence electrons. The van der Waals surface area contributed by atoms with E-state index in [-0.39, 0.29) is 11.2 Å². The molecule has 2 N–H and O–H groups in total. The summed E-state index contributed by atoms with van der Waals surface area (Å²) >= 11 is 0. The zero-order chi connectivity index (χ0) is 15.8. The van der Waals surface area contributed by atoms with Crippen molar-refractivity contribution < 1.29 is 17.9 Å². The Morgan fingerprint density at radius 3 is 2.48 bits per heavy atom. The maximum Gasteiger partial charge on any atom is 0.209 e. The summed E-state index contributed by atoms with van der Waals surface area (Å²) in [4.78, 5) is 0. The van der Waals surface area contributed by atoms with E-state index in [1.807, 2.05) is 0 Å². The van der Waals surface area contributed by atoms with Gasteiger partial charge in [-0.05, 0) is 25.2 Å². The molecule has 1 saturated heterocycles. The highest BCUT2D eigenvalue weighted by molar-refractivity contribution is 7.89. The van der Waals surface area contributed by atoms with E-state index in [1.165, 1.54) is 19.3 Å². The minimum Gasteiger partial charge on any atom is -0.381 e.